The first-order valence-corrected chi connectivity index (χ1v) is 2.52. The highest BCUT2D eigenvalue weighted by molar-refractivity contribution is 4.64. The van der Waals surface area contributed by atoms with E-state index < -0.39 is 0 Å². The minimum Gasteiger partial charge on any atom is -0.103 e. The molecule has 0 spiro atoms. The summed E-state index contributed by atoms with van der Waals surface area (Å²) in [6.07, 6.45) is 5.72. The zero-order chi connectivity index (χ0) is 4.83. The van der Waals surface area contributed by atoms with Crippen LogP contribution in [0.15, 0.2) is 12.7 Å². The van der Waals surface area contributed by atoms with Gasteiger partial charge in [0.1, 0.15) is 0 Å². The second kappa shape index (κ2) is 9.20. The Kier molecular flexibility index (Phi) is 12.9. The molecule has 42 valence electrons. The summed E-state index contributed by atoms with van der Waals surface area (Å²) >= 11 is 0. The molecule has 0 rings (SSSR count). The quantitative estimate of drug-likeness (QED) is 0.384. The molecule has 0 fully saturated rings. The van der Waals surface area contributed by atoms with Crippen molar-refractivity contribution in [3.63, 3.8) is 0 Å². The molecule has 0 aromatic rings. The summed E-state index contributed by atoms with van der Waals surface area (Å²) in [7, 11) is 0. The third-order valence-electron chi connectivity index (χ3n) is 0.762. The number of hydrogen-bond acceptors (Lipinski definition) is 0. The van der Waals surface area contributed by atoms with Crippen LogP contribution in [0.1, 0.15) is 26.2 Å². The van der Waals surface area contributed by atoms with E-state index in [4.69, 9.17) is 0 Å². The van der Waals surface area contributed by atoms with Gasteiger partial charge in [-0.25, -0.2) is 0 Å². The van der Waals surface area contributed by atoms with Crippen LogP contribution in [0.5, 0.6) is 0 Å². The number of allylic oxidation sites excluding steroid dienone is 1. The van der Waals surface area contributed by atoms with Gasteiger partial charge in [0.25, 0.3) is 0 Å². The zero-order valence-electron chi connectivity index (χ0n) is 4.81. The van der Waals surface area contributed by atoms with Gasteiger partial charge in [0, 0.05) is 5.48 Å². The first kappa shape index (κ1) is 9.85. The van der Waals surface area contributed by atoms with Crippen molar-refractivity contribution in [2.75, 3.05) is 0 Å². The molecule has 7 heavy (non-hydrogen) atoms. The van der Waals surface area contributed by atoms with Crippen molar-refractivity contribution in [1.29, 1.82) is 0 Å². The van der Waals surface area contributed by atoms with Crippen molar-refractivity contribution < 1.29 is 5.48 Å². The van der Waals surface area contributed by atoms with Crippen molar-refractivity contribution in [2.24, 2.45) is 0 Å². The average molecular weight is 100 g/mol. The molecule has 0 amide bonds. The van der Waals surface area contributed by atoms with E-state index in [0.29, 0.717) is 0 Å². The van der Waals surface area contributed by atoms with Crippen molar-refractivity contribution in [2.45, 2.75) is 26.2 Å². The fourth-order valence-electron chi connectivity index (χ4n) is 0.348. The molecule has 0 bridgehead atoms. The Balaban J connectivity index is 0. The summed E-state index contributed by atoms with van der Waals surface area (Å²) < 4.78 is 0. The Morgan fingerprint density at radius 1 is 1.57 bits per heavy atom. The normalized spacial score (nSPS) is 7.00. The van der Waals surface area contributed by atoms with Crippen molar-refractivity contribution >= 4 is 0 Å². The van der Waals surface area contributed by atoms with E-state index >= 15 is 0 Å². The molecule has 0 saturated heterocycles. The van der Waals surface area contributed by atoms with Gasteiger partial charge >= 0.3 is 0 Å². The summed E-state index contributed by atoms with van der Waals surface area (Å²) in [5.41, 5.74) is 0. The minimum absolute atomic E-state index is 0. The third-order valence-corrected chi connectivity index (χ3v) is 0.762. The Labute approximate surface area is 45.4 Å². The lowest BCUT2D eigenvalue weighted by Gasteiger charge is -1.81. The first-order chi connectivity index (χ1) is 2.91. The fourth-order valence-corrected chi connectivity index (χ4v) is 0.348. The van der Waals surface area contributed by atoms with Gasteiger partial charge in [0.2, 0.25) is 0 Å². The second-order valence-electron chi connectivity index (χ2n) is 1.43. The lowest BCUT2D eigenvalue weighted by molar-refractivity contribution is 0.686. The Morgan fingerprint density at radius 3 is 2.29 bits per heavy atom. The van der Waals surface area contributed by atoms with E-state index in [0.717, 1.165) is 0 Å². The van der Waals surface area contributed by atoms with Gasteiger partial charge < -0.3 is 0 Å². The molecule has 0 unspecified atom stereocenters. The number of unbranched alkanes of at least 4 members (excludes halogenated alkanes) is 2. The molecular weight excluding hydrogens is 88.1 g/mol. The monoisotopic (exact) mass is 100 g/mol. The molecule has 0 N–H and O–H groups in total. The van der Waals surface area contributed by atoms with Gasteiger partial charge in [0.05, 0.1) is 0 Å². The van der Waals surface area contributed by atoms with Gasteiger partial charge in [0.15, 0.2) is 0 Å². The highest BCUT2D eigenvalue weighted by Crippen LogP contribution is 1.91. The summed E-state index contributed by atoms with van der Waals surface area (Å²) in [4.78, 5) is 0. The Bertz CT molecular complexity index is 33.2. The van der Waals surface area contributed by atoms with E-state index in [2.05, 4.69) is 13.5 Å². The number of rotatable bonds is 3. The predicted molar refractivity (Wildman–Crippen MR) is 30.4 cm³/mol. The molecule has 1 nitrogen and oxygen atoms in total. The molecule has 0 aromatic heterocycles. The third kappa shape index (κ3) is 10.7. The SMILES string of the molecule is C=CCCCC.[O]. The van der Waals surface area contributed by atoms with Crippen LogP contribution >= 0.6 is 0 Å². The van der Waals surface area contributed by atoms with E-state index in [-0.39, 0.29) is 5.48 Å². The van der Waals surface area contributed by atoms with Crippen molar-refractivity contribution in [3.8, 4) is 0 Å². The highest BCUT2D eigenvalue weighted by atomic mass is 16.0. The van der Waals surface area contributed by atoms with Crippen LogP contribution in [0.3, 0.4) is 0 Å². The molecule has 0 saturated carbocycles. The van der Waals surface area contributed by atoms with Crippen LogP contribution in [-0.2, 0) is 5.48 Å². The minimum atomic E-state index is 0. The fraction of sp³-hybridized carbons (Fsp3) is 0.667. The summed E-state index contributed by atoms with van der Waals surface area (Å²) in [6, 6.07) is 0. The average Bonchev–Trinajstić information content (AvgIpc) is 1.61. The topological polar surface area (TPSA) is 28.5 Å². The molecule has 2 radical (unpaired) electrons. The van der Waals surface area contributed by atoms with Crippen molar-refractivity contribution in [1.82, 2.24) is 0 Å². The van der Waals surface area contributed by atoms with E-state index in [1.807, 2.05) is 6.08 Å². The molecule has 0 aliphatic carbocycles. The maximum absolute atomic E-state index is 3.60. The highest BCUT2D eigenvalue weighted by Gasteiger charge is 1.71. The molecular formula is C6H12O. The van der Waals surface area contributed by atoms with E-state index in [1.54, 1.807) is 0 Å². The second-order valence-corrected chi connectivity index (χ2v) is 1.43. The maximum Gasteiger partial charge on any atom is 0 e. The molecule has 0 atom stereocenters. The zero-order valence-corrected chi connectivity index (χ0v) is 4.81. The smallest absolute Gasteiger partial charge is 0 e. The molecule has 0 aromatic carbocycles. The molecule has 1 heteroatoms. The van der Waals surface area contributed by atoms with Gasteiger partial charge in [-0.05, 0) is 6.42 Å². The summed E-state index contributed by atoms with van der Waals surface area (Å²) in [5.74, 6) is 0. The van der Waals surface area contributed by atoms with Gasteiger partial charge in [-0.3, -0.25) is 0 Å². The summed E-state index contributed by atoms with van der Waals surface area (Å²) in [5, 5.41) is 0. The molecule has 0 aliphatic rings. The Hall–Kier alpha value is -0.300. The van der Waals surface area contributed by atoms with Crippen LogP contribution in [0.2, 0.25) is 0 Å². The molecule has 0 heterocycles. The predicted octanol–water partition coefficient (Wildman–Crippen LogP) is 2.24. The number of hydrogen-bond donors (Lipinski definition) is 0. The lowest BCUT2D eigenvalue weighted by atomic mass is 10.3. The first-order valence-electron chi connectivity index (χ1n) is 2.52. The van der Waals surface area contributed by atoms with Gasteiger partial charge in [-0.15, -0.1) is 6.58 Å². The summed E-state index contributed by atoms with van der Waals surface area (Å²) in [6.45, 7) is 5.78. The molecule has 0 aliphatic heterocycles. The van der Waals surface area contributed by atoms with Gasteiger partial charge in [-0.1, -0.05) is 25.8 Å². The van der Waals surface area contributed by atoms with E-state index in [1.165, 1.54) is 19.3 Å². The van der Waals surface area contributed by atoms with Crippen LogP contribution in [0.4, 0.5) is 0 Å². The van der Waals surface area contributed by atoms with Crippen molar-refractivity contribution in [3.05, 3.63) is 12.7 Å². The van der Waals surface area contributed by atoms with Crippen LogP contribution in [0.25, 0.3) is 0 Å². The maximum atomic E-state index is 3.60. The van der Waals surface area contributed by atoms with Crippen LogP contribution < -0.4 is 0 Å². The Morgan fingerprint density at radius 2 is 2.14 bits per heavy atom. The van der Waals surface area contributed by atoms with Crippen LogP contribution in [0, 0.1) is 0 Å². The standard InChI is InChI=1S/C6H12.O/c1-3-5-6-4-2;/h3H,1,4-6H2,2H3;. The van der Waals surface area contributed by atoms with Gasteiger partial charge in [-0.2, -0.15) is 0 Å². The van der Waals surface area contributed by atoms with Crippen LogP contribution in [-0.4, -0.2) is 0 Å². The van der Waals surface area contributed by atoms with E-state index in [9.17, 15) is 0 Å². The lowest BCUT2D eigenvalue weighted by Crippen LogP contribution is -1.61. The largest absolute Gasteiger partial charge is 0.103 e.